The fourth-order valence-corrected chi connectivity index (χ4v) is 2.45. The highest BCUT2D eigenvalue weighted by Crippen LogP contribution is 2.37. The quantitative estimate of drug-likeness (QED) is 0.655. The van der Waals surface area contributed by atoms with Crippen molar-refractivity contribution < 1.29 is 10.2 Å². The number of rotatable bonds is 7. The van der Waals surface area contributed by atoms with Crippen molar-refractivity contribution in [1.82, 2.24) is 0 Å². The van der Waals surface area contributed by atoms with Crippen LogP contribution >= 0.6 is 0 Å². The Hall–Kier alpha value is -0.560. The summed E-state index contributed by atoms with van der Waals surface area (Å²) in [4.78, 5) is 0. The van der Waals surface area contributed by atoms with Crippen molar-refractivity contribution >= 4 is 0 Å². The van der Waals surface area contributed by atoms with E-state index in [4.69, 9.17) is 0 Å². The third-order valence-electron chi connectivity index (χ3n) is 3.81. The number of allylic oxidation sites excluding steroid dienone is 1. The van der Waals surface area contributed by atoms with Crippen LogP contribution in [-0.2, 0) is 0 Å². The molecule has 0 aliphatic carbocycles. The van der Waals surface area contributed by atoms with Gasteiger partial charge in [-0.2, -0.15) is 0 Å². The second-order valence-corrected chi connectivity index (χ2v) is 4.72. The molecule has 0 aromatic heterocycles. The Morgan fingerprint density at radius 1 is 1.25 bits per heavy atom. The van der Waals surface area contributed by atoms with E-state index in [0.29, 0.717) is 6.42 Å². The maximum atomic E-state index is 10.3. The molecule has 2 N–H and O–H groups in total. The lowest BCUT2D eigenvalue weighted by Crippen LogP contribution is -2.43. The lowest BCUT2D eigenvalue weighted by molar-refractivity contribution is -0.0744. The number of aliphatic hydroxyl groups is 2. The Kier molecular flexibility index (Phi) is 6.66. The molecule has 0 rings (SSSR count). The monoisotopic (exact) mass is 226 g/mol. The smallest absolute Gasteiger partial charge is 0.0626 e. The van der Waals surface area contributed by atoms with Gasteiger partial charge in [0.25, 0.3) is 0 Å². The first-order chi connectivity index (χ1) is 7.44. The van der Waals surface area contributed by atoms with Crippen LogP contribution in [0.2, 0.25) is 0 Å². The zero-order chi connectivity index (χ0) is 12.8. The van der Waals surface area contributed by atoms with Crippen molar-refractivity contribution in [3.05, 3.63) is 18.4 Å². The van der Waals surface area contributed by atoms with Gasteiger partial charge in [-0.3, -0.25) is 0 Å². The summed E-state index contributed by atoms with van der Waals surface area (Å²) in [5, 5.41) is 20.2. The summed E-state index contributed by atoms with van der Waals surface area (Å²) in [6.45, 7) is 11.4. The molecule has 94 valence electrons. The van der Waals surface area contributed by atoms with Crippen molar-refractivity contribution in [2.75, 3.05) is 0 Å². The SMILES string of the molecule is C=C=CC(C)CC(O)C(CC)(CC)C(C)O. The van der Waals surface area contributed by atoms with Crippen molar-refractivity contribution in [1.29, 1.82) is 0 Å². The number of hydrogen-bond donors (Lipinski definition) is 2. The molecule has 0 saturated carbocycles. The molecule has 0 bridgehead atoms. The maximum absolute atomic E-state index is 10.3. The molecule has 0 heterocycles. The summed E-state index contributed by atoms with van der Waals surface area (Å²) in [5.41, 5.74) is 2.36. The average Bonchev–Trinajstić information content (AvgIpc) is 2.19. The molecule has 0 aromatic carbocycles. The third-order valence-corrected chi connectivity index (χ3v) is 3.81. The van der Waals surface area contributed by atoms with Crippen LogP contribution in [-0.4, -0.2) is 22.4 Å². The van der Waals surface area contributed by atoms with Crippen LogP contribution in [0.1, 0.15) is 47.0 Å². The van der Waals surface area contributed by atoms with Crippen LogP contribution in [0.5, 0.6) is 0 Å². The van der Waals surface area contributed by atoms with Gasteiger partial charge in [0.15, 0.2) is 0 Å². The van der Waals surface area contributed by atoms with E-state index in [1.807, 2.05) is 26.8 Å². The van der Waals surface area contributed by atoms with Gasteiger partial charge in [-0.25, -0.2) is 0 Å². The van der Waals surface area contributed by atoms with Crippen LogP contribution in [0.3, 0.4) is 0 Å². The number of aliphatic hydroxyl groups excluding tert-OH is 2. The first kappa shape index (κ1) is 15.4. The molecule has 0 saturated heterocycles. The highest BCUT2D eigenvalue weighted by molar-refractivity contribution is 4.92. The van der Waals surface area contributed by atoms with Gasteiger partial charge in [0, 0.05) is 5.41 Å². The minimum atomic E-state index is -0.489. The summed E-state index contributed by atoms with van der Waals surface area (Å²) in [7, 11) is 0. The van der Waals surface area contributed by atoms with Crippen molar-refractivity contribution in [3.63, 3.8) is 0 Å². The van der Waals surface area contributed by atoms with Crippen molar-refractivity contribution in [2.45, 2.75) is 59.2 Å². The van der Waals surface area contributed by atoms with E-state index in [1.165, 1.54) is 0 Å². The van der Waals surface area contributed by atoms with Gasteiger partial charge in [-0.1, -0.05) is 27.4 Å². The summed E-state index contributed by atoms with van der Waals surface area (Å²) < 4.78 is 0. The number of hydrogen-bond acceptors (Lipinski definition) is 2. The van der Waals surface area contributed by atoms with E-state index >= 15 is 0 Å². The molecule has 0 aliphatic heterocycles. The van der Waals surface area contributed by atoms with Gasteiger partial charge < -0.3 is 10.2 Å². The molecule has 3 unspecified atom stereocenters. The van der Waals surface area contributed by atoms with Gasteiger partial charge >= 0.3 is 0 Å². The Labute approximate surface area is 99.7 Å². The molecule has 2 nitrogen and oxygen atoms in total. The first-order valence-corrected chi connectivity index (χ1v) is 6.16. The lowest BCUT2D eigenvalue weighted by atomic mass is 9.70. The molecule has 16 heavy (non-hydrogen) atoms. The zero-order valence-electron chi connectivity index (χ0n) is 11.0. The van der Waals surface area contributed by atoms with Crippen LogP contribution < -0.4 is 0 Å². The van der Waals surface area contributed by atoms with Crippen molar-refractivity contribution in [2.24, 2.45) is 11.3 Å². The summed E-state index contributed by atoms with van der Waals surface area (Å²) >= 11 is 0. The third kappa shape index (κ3) is 3.48. The van der Waals surface area contributed by atoms with Gasteiger partial charge in [0.05, 0.1) is 12.2 Å². The van der Waals surface area contributed by atoms with Crippen LogP contribution in [0.4, 0.5) is 0 Å². The van der Waals surface area contributed by atoms with E-state index in [9.17, 15) is 10.2 Å². The molecule has 0 aliphatic rings. The van der Waals surface area contributed by atoms with Crippen LogP contribution in [0.25, 0.3) is 0 Å². The Morgan fingerprint density at radius 2 is 1.75 bits per heavy atom. The average molecular weight is 226 g/mol. The fraction of sp³-hybridized carbons (Fsp3) is 0.786. The van der Waals surface area contributed by atoms with Crippen molar-refractivity contribution in [3.8, 4) is 0 Å². The van der Waals surface area contributed by atoms with Crippen LogP contribution in [0.15, 0.2) is 18.4 Å². The second-order valence-electron chi connectivity index (χ2n) is 4.72. The van der Waals surface area contributed by atoms with E-state index < -0.39 is 12.2 Å². The predicted molar refractivity (Wildman–Crippen MR) is 68.2 cm³/mol. The van der Waals surface area contributed by atoms with Gasteiger partial charge in [0.1, 0.15) is 0 Å². The van der Waals surface area contributed by atoms with Gasteiger partial charge in [-0.15, -0.1) is 5.73 Å². The van der Waals surface area contributed by atoms with Gasteiger partial charge in [0.2, 0.25) is 0 Å². The summed E-state index contributed by atoms with van der Waals surface area (Å²) in [5.74, 6) is 0.240. The molecule has 2 heteroatoms. The van der Waals surface area contributed by atoms with E-state index in [-0.39, 0.29) is 11.3 Å². The largest absolute Gasteiger partial charge is 0.393 e. The summed E-state index contributed by atoms with van der Waals surface area (Å²) in [6.07, 6.45) is 3.11. The first-order valence-electron chi connectivity index (χ1n) is 6.16. The van der Waals surface area contributed by atoms with E-state index in [0.717, 1.165) is 12.8 Å². The standard InChI is InChI=1S/C14H26O2/c1-6-9-11(4)10-13(16)14(7-2,8-3)12(5)15/h9,11-13,15-16H,1,7-8,10H2,2-5H3. The van der Waals surface area contributed by atoms with Crippen LogP contribution in [0, 0.1) is 11.3 Å². The minimum Gasteiger partial charge on any atom is -0.393 e. The topological polar surface area (TPSA) is 40.5 Å². The molecule has 0 amide bonds. The Balaban J connectivity index is 4.74. The molecule has 0 fully saturated rings. The minimum absolute atomic E-state index is 0.240. The molecule has 0 aromatic rings. The molecular weight excluding hydrogens is 200 g/mol. The van der Waals surface area contributed by atoms with Gasteiger partial charge in [-0.05, 0) is 38.2 Å². The second kappa shape index (κ2) is 6.90. The highest BCUT2D eigenvalue weighted by atomic mass is 16.3. The Bertz CT molecular complexity index is 235. The highest BCUT2D eigenvalue weighted by Gasteiger charge is 2.39. The lowest BCUT2D eigenvalue weighted by Gasteiger charge is -2.40. The molecule has 3 atom stereocenters. The Morgan fingerprint density at radius 3 is 2.06 bits per heavy atom. The normalized spacial score (nSPS) is 17.4. The predicted octanol–water partition coefficient (Wildman–Crippen LogP) is 2.90. The van der Waals surface area contributed by atoms with E-state index in [1.54, 1.807) is 6.92 Å². The maximum Gasteiger partial charge on any atom is 0.0626 e. The summed E-state index contributed by atoms with van der Waals surface area (Å²) in [6, 6.07) is 0. The zero-order valence-corrected chi connectivity index (χ0v) is 11.0. The molecule has 0 spiro atoms. The molecule has 0 radical (unpaired) electrons. The van der Waals surface area contributed by atoms with E-state index in [2.05, 4.69) is 12.3 Å². The molecular formula is C14H26O2. The fourth-order valence-electron chi connectivity index (χ4n) is 2.45.